The summed E-state index contributed by atoms with van der Waals surface area (Å²) in [6.45, 7) is 11.3. The lowest BCUT2D eigenvalue weighted by Gasteiger charge is -2.15. The summed E-state index contributed by atoms with van der Waals surface area (Å²) >= 11 is 1.39. The van der Waals surface area contributed by atoms with Gasteiger partial charge in [-0.2, -0.15) is 0 Å². The molecule has 36 heavy (non-hydrogen) atoms. The molecule has 5 nitrogen and oxygen atoms in total. The second kappa shape index (κ2) is 11.0. The van der Waals surface area contributed by atoms with Gasteiger partial charge < -0.3 is 9.47 Å². The first-order valence-electron chi connectivity index (χ1n) is 12.0. The van der Waals surface area contributed by atoms with Crippen molar-refractivity contribution < 1.29 is 14.3 Å². The van der Waals surface area contributed by atoms with E-state index in [0.29, 0.717) is 34.7 Å². The van der Waals surface area contributed by atoms with Crippen LogP contribution in [0.4, 0.5) is 5.69 Å². The molecule has 1 aliphatic rings. The summed E-state index contributed by atoms with van der Waals surface area (Å²) < 4.78 is 11.8. The Bertz CT molecular complexity index is 1320. The Hall–Kier alpha value is -3.51. The summed E-state index contributed by atoms with van der Waals surface area (Å²) in [7, 11) is 1.63. The molecule has 1 fully saturated rings. The summed E-state index contributed by atoms with van der Waals surface area (Å²) in [6, 6.07) is 18.0. The van der Waals surface area contributed by atoms with Crippen molar-refractivity contribution in [3.05, 3.63) is 92.9 Å². The highest BCUT2D eigenvalue weighted by atomic mass is 32.2. The highest BCUT2D eigenvalue weighted by Gasteiger charge is 2.32. The van der Waals surface area contributed by atoms with Gasteiger partial charge in [0.15, 0.2) is 16.7 Å². The number of aryl methyl sites for hydroxylation is 4. The van der Waals surface area contributed by atoms with E-state index in [1.54, 1.807) is 12.0 Å². The Kier molecular flexibility index (Phi) is 7.85. The quantitative estimate of drug-likeness (QED) is 0.324. The number of methoxy groups -OCH3 is 1. The molecule has 0 unspecified atom stereocenters. The van der Waals surface area contributed by atoms with E-state index < -0.39 is 0 Å². The van der Waals surface area contributed by atoms with Crippen LogP contribution < -0.4 is 9.47 Å². The molecule has 6 heteroatoms. The second-order valence-electron chi connectivity index (χ2n) is 8.97. The first-order chi connectivity index (χ1) is 17.3. The summed E-state index contributed by atoms with van der Waals surface area (Å²) in [5.74, 6) is 1.25. The number of carbonyl (C=O) groups excluding carboxylic acids is 1. The van der Waals surface area contributed by atoms with Crippen LogP contribution in [0.15, 0.2) is 64.5 Å². The molecule has 0 atom stereocenters. The molecule has 1 heterocycles. The molecule has 0 aliphatic carbocycles. The van der Waals surface area contributed by atoms with Gasteiger partial charge in [0.05, 0.1) is 17.7 Å². The molecule has 1 aliphatic heterocycles. The van der Waals surface area contributed by atoms with E-state index in [0.717, 1.165) is 11.3 Å². The smallest absolute Gasteiger partial charge is 0.266 e. The Morgan fingerprint density at radius 2 is 1.61 bits per heavy atom. The molecule has 3 aromatic carbocycles. The number of carbonyl (C=O) groups is 1. The standard InChI is InChI=1S/C30H32N2O3S/c1-7-32-29(33)28(36-30(32)31-24-11-8-19(2)9-12-24)17-23-10-13-26(27(16-23)34-6)35-18-25-21(4)14-20(3)15-22(25)5/h8-17H,7,18H2,1-6H3/b28-17+,31-30?. The van der Waals surface area contributed by atoms with Crippen molar-refractivity contribution in [2.75, 3.05) is 13.7 Å². The topological polar surface area (TPSA) is 51.1 Å². The average Bonchev–Trinajstić information content (AvgIpc) is 3.13. The van der Waals surface area contributed by atoms with Crippen molar-refractivity contribution in [1.29, 1.82) is 0 Å². The minimum absolute atomic E-state index is 0.0435. The SMILES string of the molecule is CCN1C(=O)/C(=C\c2ccc(OCc3c(C)cc(C)cc3C)c(OC)c2)SC1=Nc1ccc(C)cc1. The molecule has 0 radical (unpaired) electrons. The number of likely N-dealkylation sites (N-methyl/N-ethyl adjacent to an activating group) is 1. The fourth-order valence-corrected chi connectivity index (χ4v) is 5.29. The lowest BCUT2D eigenvalue weighted by molar-refractivity contribution is -0.122. The predicted octanol–water partition coefficient (Wildman–Crippen LogP) is 7.13. The van der Waals surface area contributed by atoms with Crippen molar-refractivity contribution >= 4 is 34.6 Å². The number of aliphatic imine (C=N–C) groups is 1. The van der Waals surface area contributed by atoms with E-state index in [1.165, 1.54) is 39.6 Å². The summed E-state index contributed by atoms with van der Waals surface area (Å²) in [5, 5.41) is 0.688. The molecule has 0 spiro atoms. The van der Waals surface area contributed by atoms with Crippen LogP contribution in [0.1, 0.15) is 40.3 Å². The van der Waals surface area contributed by atoms with Gasteiger partial charge in [-0.25, -0.2) is 4.99 Å². The Morgan fingerprint density at radius 3 is 2.25 bits per heavy atom. The van der Waals surface area contributed by atoms with Crippen molar-refractivity contribution in [2.45, 2.75) is 41.2 Å². The van der Waals surface area contributed by atoms with Crippen LogP contribution in [0, 0.1) is 27.7 Å². The third-order valence-electron chi connectivity index (χ3n) is 6.16. The van der Waals surface area contributed by atoms with E-state index >= 15 is 0 Å². The lowest BCUT2D eigenvalue weighted by Crippen LogP contribution is -2.28. The van der Waals surface area contributed by atoms with Gasteiger partial charge in [-0.3, -0.25) is 9.69 Å². The summed E-state index contributed by atoms with van der Waals surface area (Å²) in [5.41, 5.74) is 7.73. The van der Waals surface area contributed by atoms with Gasteiger partial charge in [0.2, 0.25) is 0 Å². The maximum Gasteiger partial charge on any atom is 0.266 e. The van der Waals surface area contributed by atoms with Crippen molar-refractivity contribution in [3.8, 4) is 11.5 Å². The largest absolute Gasteiger partial charge is 0.493 e. The van der Waals surface area contributed by atoms with Crippen LogP contribution in [0.3, 0.4) is 0 Å². The van der Waals surface area contributed by atoms with E-state index in [4.69, 9.17) is 14.5 Å². The van der Waals surface area contributed by atoms with E-state index in [-0.39, 0.29) is 5.91 Å². The van der Waals surface area contributed by atoms with Gasteiger partial charge in [0, 0.05) is 6.54 Å². The second-order valence-corrected chi connectivity index (χ2v) is 9.98. The van der Waals surface area contributed by atoms with Crippen molar-refractivity contribution in [2.24, 2.45) is 4.99 Å². The number of ether oxygens (including phenoxy) is 2. The highest BCUT2D eigenvalue weighted by molar-refractivity contribution is 8.18. The van der Waals surface area contributed by atoms with E-state index in [2.05, 4.69) is 32.9 Å². The summed E-state index contributed by atoms with van der Waals surface area (Å²) in [4.78, 5) is 20.1. The third kappa shape index (κ3) is 5.65. The molecule has 0 bridgehead atoms. The molecule has 0 saturated carbocycles. The zero-order valence-corrected chi connectivity index (χ0v) is 22.5. The third-order valence-corrected chi connectivity index (χ3v) is 7.17. The van der Waals surface area contributed by atoms with Crippen molar-refractivity contribution in [3.63, 3.8) is 0 Å². The maximum absolute atomic E-state index is 13.1. The average molecular weight is 501 g/mol. The molecule has 186 valence electrons. The first kappa shape index (κ1) is 25.6. The van der Waals surface area contributed by atoms with Crippen molar-refractivity contribution in [1.82, 2.24) is 4.90 Å². The molecule has 1 amide bonds. The highest BCUT2D eigenvalue weighted by Crippen LogP contribution is 2.36. The van der Waals surface area contributed by atoms with Crippen LogP contribution in [0.25, 0.3) is 6.08 Å². The molecular formula is C30H32N2O3S. The van der Waals surface area contributed by atoms with Crippen LogP contribution >= 0.6 is 11.8 Å². The minimum Gasteiger partial charge on any atom is -0.493 e. The van der Waals surface area contributed by atoms with Gasteiger partial charge in [-0.15, -0.1) is 0 Å². The fraction of sp³-hybridized carbons (Fsp3) is 0.267. The van der Waals surface area contributed by atoms with Gasteiger partial charge in [-0.05, 0) is 99.0 Å². The molecular weight excluding hydrogens is 468 g/mol. The number of benzene rings is 3. The Labute approximate surface area is 217 Å². The maximum atomic E-state index is 13.1. The molecule has 4 rings (SSSR count). The number of rotatable bonds is 7. The molecule has 0 aromatic heterocycles. The van der Waals surface area contributed by atoms with Crippen LogP contribution in [0.2, 0.25) is 0 Å². The molecule has 3 aromatic rings. The number of nitrogens with zero attached hydrogens (tertiary/aromatic N) is 2. The minimum atomic E-state index is -0.0435. The van der Waals surface area contributed by atoms with Crippen LogP contribution in [-0.4, -0.2) is 29.6 Å². The van der Waals surface area contributed by atoms with Gasteiger partial charge in [0.1, 0.15) is 6.61 Å². The van der Waals surface area contributed by atoms with Gasteiger partial charge >= 0.3 is 0 Å². The van der Waals surface area contributed by atoms with Crippen LogP contribution in [0.5, 0.6) is 11.5 Å². The monoisotopic (exact) mass is 500 g/mol. The zero-order valence-electron chi connectivity index (χ0n) is 21.7. The zero-order chi connectivity index (χ0) is 25.8. The predicted molar refractivity (Wildman–Crippen MR) is 149 cm³/mol. The van der Waals surface area contributed by atoms with E-state index in [1.807, 2.05) is 62.4 Å². The Morgan fingerprint density at radius 1 is 0.917 bits per heavy atom. The summed E-state index contributed by atoms with van der Waals surface area (Å²) in [6.07, 6.45) is 1.88. The number of hydrogen-bond acceptors (Lipinski definition) is 5. The number of amides is 1. The van der Waals surface area contributed by atoms with Gasteiger partial charge in [-0.1, -0.05) is 41.5 Å². The first-order valence-corrected chi connectivity index (χ1v) is 12.8. The van der Waals surface area contributed by atoms with E-state index in [9.17, 15) is 4.79 Å². The number of hydrogen-bond donors (Lipinski definition) is 0. The lowest BCUT2D eigenvalue weighted by atomic mass is 10.0. The number of thioether (sulfide) groups is 1. The van der Waals surface area contributed by atoms with Gasteiger partial charge in [0.25, 0.3) is 5.91 Å². The number of amidine groups is 1. The van der Waals surface area contributed by atoms with Crippen LogP contribution in [-0.2, 0) is 11.4 Å². The molecule has 1 saturated heterocycles. The normalized spacial score (nSPS) is 15.7. The fourth-order valence-electron chi connectivity index (χ4n) is 4.23. The Balaban J connectivity index is 1.55. The molecule has 0 N–H and O–H groups in total.